The molecule has 1 aromatic carbocycles. The molecule has 0 N–H and O–H groups in total. The standard InChI is InChI=1S/C16H17NO4/c1-3-20-15(18)14(16(19)21-4-2)12-7-5-9-13-11(12)8-6-10-17-13/h5-10,14H,3-4H2,1-2H3. The minimum absolute atomic E-state index is 0.206. The first kappa shape index (κ1) is 15.0. The van der Waals surface area contributed by atoms with Crippen LogP contribution in [0.2, 0.25) is 0 Å². The van der Waals surface area contributed by atoms with Gasteiger partial charge in [0.15, 0.2) is 5.92 Å². The fourth-order valence-corrected chi connectivity index (χ4v) is 2.18. The quantitative estimate of drug-likeness (QED) is 0.624. The van der Waals surface area contributed by atoms with Crippen LogP contribution in [-0.4, -0.2) is 30.1 Å². The normalized spacial score (nSPS) is 10.6. The molecule has 0 radical (unpaired) electrons. The van der Waals surface area contributed by atoms with E-state index in [9.17, 15) is 9.59 Å². The molecule has 0 bridgehead atoms. The van der Waals surface area contributed by atoms with E-state index in [1.54, 1.807) is 38.2 Å². The minimum Gasteiger partial charge on any atom is -0.465 e. The summed E-state index contributed by atoms with van der Waals surface area (Å²) >= 11 is 0. The van der Waals surface area contributed by atoms with E-state index in [0.717, 1.165) is 5.39 Å². The zero-order valence-corrected chi connectivity index (χ0v) is 12.0. The Bertz CT molecular complexity index is 630. The Morgan fingerprint density at radius 1 is 1.05 bits per heavy atom. The second-order valence-corrected chi connectivity index (χ2v) is 4.35. The molecule has 1 aromatic heterocycles. The van der Waals surface area contributed by atoms with E-state index in [-0.39, 0.29) is 13.2 Å². The van der Waals surface area contributed by atoms with E-state index in [0.29, 0.717) is 11.1 Å². The molecule has 5 nitrogen and oxygen atoms in total. The van der Waals surface area contributed by atoms with Gasteiger partial charge >= 0.3 is 11.9 Å². The van der Waals surface area contributed by atoms with Crippen molar-refractivity contribution in [2.75, 3.05) is 13.2 Å². The average Bonchev–Trinajstić information content (AvgIpc) is 2.48. The number of hydrogen-bond acceptors (Lipinski definition) is 5. The third kappa shape index (κ3) is 3.18. The molecule has 0 fully saturated rings. The number of esters is 2. The second kappa shape index (κ2) is 6.83. The third-order valence-electron chi connectivity index (χ3n) is 3.04. The van der Waals surface area contributed by atoms with Crippen molar-refractivity contribution >= 4 is 22.8 Å². The van der Waals surface area contributed by atoms with Crippen LogP contribution in [0.4, 0.5) is 0 Å². The molecule has 5 heteroatoms. The van der Waals surface area contributed by atoms with Crippen molar-refractivity contribution in [3.05, 3.63) is 42.1 Å². The van der Waals surface area contributed by atoms with Crippen molar-refractivity contribution in [3.8, 4) is 0 Å². The van der Waals surface area contributed by atoms with Gasteiger partial charge < -0.3 is 9.47 Å². The lowest BCUT2D eigenvalue weighted by Crippen LogP contribution is -2.26. The maximum atomic E-state index is 12.2. The van der Waals surface area contributed by atoms with Crippen molar-refractivity contribution in [2.24, 2.45) is 0 Å². The van der Waals surface area contributed by atoms with E-state index in [2.05, 4.69) is 4.98 Å². The number of pyridine rings is 1. The Kier molecular flexibility index (Phi) is 4.87. The molecule has 2 rings (SSSR count). The van der Waals surface area contributed by atoms with Crippen LogP contribution in [0.3, 0.4) is 0 Å². The number of aromatic nitrogens is 1. The zero-order chi connectivity index (χ0) is 15.2. The van der Waals surface area contributed by atoms with Gasteiger partial charge in [-0.3, -0.25) is 14.6 Å². The van der Waals surface area contributed by atoms with Gasteiger partial charge in [0.25, 0.3) is 0 Å². The minimum atomic E-state index is -1.09. The van der Waals surface area contributed by atoms with Crippen molar-refractivity contribution in [1.29, 1.82) is 0 Å². The summed E-state index contributed by atoms with van der Waals surface area (Å²) in [6, 6.07) is 8.90. The van der Waals surface area contributed by atoms with Crippen LogP contribution in [0.1, 0.15) is 25.3 Å². The predicted molar refractivity (Wildman–Crippen MR) is 77.8 cm³/mol. The molecule has 0 saturated heterocycles. The smallest absolute Gasteiger partial charge is 0.324 e. The van der Waals surface area contributed by atoms with Crippen LogP contribution in [0.25, 0.3) is 10.9 Å². The molecule has 0 aliphatic carbocycles. The van der Waals surface area contributed by atoms with E-state index in [1.807, 2.05) is 12.1 Å². The largest absolute Gasteiger partial charge is 0.465 e. The Morgan fingerprint density at radius 2 is 1.71 bits per heavy atom. The molecule has 0 saturated carbocycles. The van der Waals surface area contributed by atoms with Crippen LogP contribution >= 0.6 is 0 Å². The number of carbonyl (C=O) groups excluding carboxylic acids is 2. The first-order valence-electron chi connectivity index (χ1n) is 6.86. The molecule has 0 aliphatic rings. The van der Waals surface area contributed by atoms with Crippen molar-refractivity contribution in [1.82, 2.24) is 4.98 Å². The summed E-state index contributed by atoms with van der Waals surface area (Å²) in [5.41, 5.74) is 1.27. The van der Waals surface area contributed by atoms with Gasteiger partial charge in [-0.05, 0) is 31.5 Å². The lowest BCUT2D eigenvalue weighted by atomic mass is 9.95. The Morgan fingerprint density at radius 3 is 2.33 bits per heavy atom. The number of hydrogen-bond donors (Lipinski definition) is 0. The molecule has 110 valence electrons. The summed E-state index contributed by atoms with van der Waals surface area (Å²) in [7, 11) is 0. The summed E-state index contributed by atoms with van der Waals surface area (Å²) in [6.45, 7) is 3.81. The first-order chi connectivity index (χ1) is 10.2. The van der Waals surface area contributed by atoms with Crippen LogP contribution in [-0.2, 0) is 19.1 Å². The fraction of sp³-hybridized carbons (Fsp3) is 0.312. The maximum absolute atomic E-state index is 12.2. The number of ether oxygens (including phenoxy) is 2. The summed E-state index contributed by atoms with van der Waals surface area (Å²) < 4.78 is 10.0. The van der Waals surface area contributed by atoms with Crippen LogP contribution in [0.5, 0.6) is 0 Å². The van der Waals surface area contributed by atoms with Gasteiger partial charge in [-0.25, -0.2) is 0 Å². The summed E-state index contributed by atoms with van der Waals surface area (Å²) in [5, 5.41) is 0.742. The van der Waals surface area contributed by atoms with Crippen LogP contribution < -0.4 is 0 Å². The number of carbonyl (C=O) groups is 2. The number of rotatable bonds is 5. The van der Waals surface area contributed by atoms with Crippen molar-refractivity contribution < 1.29 is 19.1 Å². The highest BCUT2D eigenvalue weighted by Gasteiger charge is 2.32. The molecule has 0 aliphatic heterocycles. The van der Waals surface area contributed by atoms with Gasteiger partial charge in [0.1, 0.15) is 0 Å². The van der Waals surface area contributed by atoms with E-state index in [4.69, 9.17) is 9.47 Å². The summed E-state index contributed by atoms with van der Waals surface area (Å²) in [6.07, 6.45) is 1.66. The summed E-state index contributed by atoms with van der Waals surface area (Å²) in [5.74, 6) is -2.29. The van der Waals surface area contributed by atoms with Gasteiger partial charge in [0.2, 0.25) is 0 Å². The lowest BCUT2D eigenvalue weighted by molar-refractivity contribution is -0.156. The highest BCUT2D eigenvalue weighted by molar-refractivity contribution is 6.04. The van der Waals surface area contributed by atoms with E-state index < -0.39 is 17.9 Å². The molecule has 0 unspecified atom stereocenters. The Balaban J connectivity index is 2.52. The molecule has 0 amide bonds. The molecule has 0 atom stereocenters. The third-order valence-corrected chi connectivity index (χ3v) is 3.04. The van der Waals surface area contributed by atoms with Crippen molar-refractivity contribution in [3.63, 3.8) is 0 Å². The summed E-state index contributed by atoms with van der Waals surface area (Å²) in [4.78, 5) is 28.6. The molecule has 21 heavy (non-hydrogen) atoms. The maximum Gasteiger partial charge on any atom is 0.324 e. The van der Waals surface area contributed by atoms with Gasteiger partial charge in [0, 0.05) is 11.6 Å². The predicted octanol–water partition coefficient (Wildman–Crippen LogP) is 2.44. The first-order valence-corrected chi connectivity index (χ1v) is 6.86. The van der Waals surface area contributed by atoms with Crippen LogP contribution in [0, 0.1) is 0 Å². The zero-order valence-electron chi connectivity index (χ0n) is 12.0. The molecule has 2 aromatic rings. The van der Waals surface area contributed by atoms with Gasteiger partial charge in [-0.2, -0.15) is 0 Å². The second-order valence-electron chi connectivity index (χ2n) is 4.35. The molecule has 1 heterocycles. The Hall–Kier alpha value is -2.43. The lowest BCUT2D eigenvalue weighted by Gasteiger charge is -2.16. The van der Waals surface area contributed by atoms with Gasteiger partial charge in [-0.1, -0.05) is 18.2 Å². The Labute approximate surface area is 122 Å². The van der Waals surface area contributed by atoms with E-state index in [1.165, 1.54) is 0 Å². The SMILES string of the molecule is CCOC(=O)C(C(=O)OCC)c1cccc2ncccc12. The van der Waals surface area contributed by atoms with E-state index >= 15 is 0 Å². The average molecular weight is 287 g/mol. The number of fused-ring (bicyclic) bond motifs is 1. The fourth-order valence-electron chi connectivity index (χ4n) is 2.18. The topological polar surface area (TPSA) is 65.5 Å². The monoisotopic (exact) mass is 287 g/mol. The van der Waals surface area contributed by atoms with Crippen molar-refractivity contribution in [2.45, 2.75) is 19.8 Å². The number of nitrogens with zero attached hydrogens (tertiary/aromatic N) is 1. The molecular formula is C16H17NO4. The van der Waals surface area contributed by atoms with Crippen LogP contribution in [0.15, 0.2) is 36.5 Å². The highest BCUT2D eigenvalue weighted by Crippen LogP contribution is 2.27. The van der Waals surface area contributed by atoms with Gasteiger partial charge in [-0.15, -0.1) is 0 Å². The number of benzene rings is 1. The molecule has 0 spiro atoms. The molecular weight excluding hydrogens is 270 g/mol. The highest BCUT2D eigenvalue weighted by atomic mass is 16.6. The van der Waals surface area contributed by atoms with Gasteiger partial charge in [0.05, 0.1) is 18.7 Å².